The van der Waals surface area contributed by atoms with Crippen molar-refractivity contribution in [1.29, 1.82) is 0 Å². The predicted molar refractivity (Wildman–Crippen MR) is 83.8 cm³/mol. The van der Waals surface area contributed by atoms with Gasteiger partial charge in [0.05, 0.1) is 5.56 Å². The lowest BCUT2D eigenvalue weighted by molar-refractivity contribution is 0.310. The van der Waals surface area contributed by atoms with Gasteiger partial charge in [0.25, 0.3) is 0 Å². The van der Waals surface area contributed by atoms with Gasteiger partial charge in [-0.1, -0.05) is 6.07 Å². The highest BCUT2D eigenvalue weighted by atomic mass is 32.1. The molecule has 1 aliphatic heterocycles. The van der Waals surface area contributed by atoms with Crippen LogP contribution in [0.2, 0.25) is 0 Å². The van der Waals surface area contributed by atoms with Gasteiger partial charge in [-0.15, -0.1) is 11.3 Å². The standard InChI is InChI=1S/C14H16N6S/c1-18-4-6-19(7-5-18)14-15-9-11(12-3-2-8-21-12)13-16-10-17-20(13)14/h2-3,8-10H,4-7H2,1H3. The first kappa shape index (κ1) is 12.7. The fourth-order valence-electron chi connectivity index (χ4n) is 2.63. The van der Waals surface area contributed by atoms with Crippen LogP contribution in [0.3, 0.4) is 0 Å². The SMILES string of the molecule is CN1CCN(c2ncc(-c3cccs3)c3ncnn23)CC1. The summed E-state index contributed by atoms with van der Waals surface area (Å²) in [6, 6.07) is 4.13. The van der Waals surface area contributed by atoms with Crippen molar-refractivity contribution in [2.75, 3.05) is 38.1 Å². The molecule has 0 amide bonds. The molecule has 0 aromatic carbocycles. The molecular weight excluding hydrogens is 284 g/mol. The number of thiophene rings is 1. The van der Waals surface area contributed by atoms with Gasteiger partial charge in [0.2, 0.25) is 5.95 Å². The van der Waals surface area contributed by atoms with E-state index in [0.29, 0.717) is 0 Å². The normalized spacial score (nSPS) is 16.7. The van der Waals surface area contributed by atoms with Crippen molar-refractivity contribution in [3.8, 4) is 10.4 Å². The molecule has 3 aromatic rings. The second kappa shape index (κ2) is 5.09. The number of rotatable bonds is 2. The molecule has 0 atom stereocenters. The molecule has 0 N–H and O–H groups in total. The van der Waals surface area contributed by atoms with E-state index in [2.05, 4.69) is 43.4 Å². The summed E-state index contributed by atoms with van der Waals surface area (Å²) in [6.07, 6.45) is 3.52. The van der Waals surface area contributed by atoms with Crippen LogP contribution in [0.15, 0.2) is 30.0 Å². The maximum absolute atomic E-state index is 4.66. The molecule has 1 saturated heterocycles. The van der Waals surface area contributed by atoms with Gasteiger partial charge >= 0.3 is 0 Å². The topological polar surface area (TPSA) is 49.6 Å². The molecule has 3 aromatic heterocycles. The zero-order chi connectivity index (χ0) is 14.2. The van der Waals surface area contributed by atoms with Crippen molar-refractivity contribution in [3.63, 3.8) is 0 Å². The zero-order valence-electron chi connectivity index (χ0n) is 11.8. The number of nitrogens with zero attached hydrogens (tertiary/aromatic N) is 6. The quantitative estimate of drug-likeness (QED) is 0.719. The van der Waals surface area contributed by atoms with Gasteiger partial charge in [-0.3, -0.25) is 0 Å². The molecule has 1 fully saturated rings. The van der Waals surface area contributed by atoms with Crippen LogP contribution in [0, 0.1) is 0 Å². The maximum atomic E-state index is 4.66. The Balaban J connectivity index is 1.78. The molecule has 0 spiro atoms. The molecule has 7 heteroatoms. The molecule has 0 radical (unpaired) electrons. The van der Waals surface area contributed by atoms with Crippen molar-refractivity contribution in [2.24, 2.45) is 0 Å². The zero-order valence-corrected chi connectivity index (χ0v) is 12.6. The Morgan fingerprint density at radius 3 is 2.76 bits per heavy atom. The van der Waals surface area contributed by atoms with Gasteiger partial charge in [-0.25, -0.2) is 9.97 Å². The average molecular weight is 300 g/mol. The largest absolute Gasteiger partial charge is 0.338 e. The smallest absolute Gasteiger partial charge is 0.228 e. The van der Waals surface area contributed by atoms with E-state index in [-0.39, 0.29) is 0 Å². The third kappa shape index (κ3) is 2.18. The highest BCUT2D eigenvalue weighted by molar-refractivity contribution is 7.13. The minimum Gasteiger partial charge on any atom is -0.338 e. The minimum atomic E-state index is 0.876. The second-order valence-electron chi connectivity index (χ2n) is 5.23. The van der Waals surface area contributed by atoms with Crippen molar-refractivity contribution in [1.82, 2.24) is 24.5 Å². The Hall–Kier alpha value is -1.99. The summed E-state index contributed by atoms with van der Waals surface area (Å²) in [5.74, 6) is 0.885. The molecule has 108 valence electrons. The third-order valence-electron chi connectivity index (χ3n) is 3.86. The first-order valence-corrected chi connectivity index (χ1v) is 7.87. The summed E-state index contributed by atoms with van der Waals surface area (Å²) in [6.45, 7) is 4.03. The molecule has 4 heterocycles. The van der Waals surface area contributed by atoms with E-state index in [1.54, 1.807) is 17.7 Å². The number of hydrogen-bond acceptors (Lipinski definition) is 6. The van der Waals surface area contributed by atoms with Crippen LogP contribution in [0.5, 0.6) is 0 Å². The van der Waals surface area contributed by atoms with Gasteiger partial charge in [0, 0.05) is 37.3 Å². The Morgan fingerprint density at radius 1 is 1.14 bits per heavy atom. The van der Waals surface area contributed by atoms with Crippen LogP contribution in [-0.2, 0) is 0 Å². The van der Waals surface area contributed by atoms with Crippen LogP contribution in [0.25, 0.3) is 16.1 Å². The van der Waals surface area contributed by atoms with Gasteiger partial charge in [-0.05, 0) is 18.5 Å². The van der Waals surface area contributed by atoms with Crippen LogP contribution >= 0.6 is 11.3 Å². The average Bonchev–Trinajstić information content (AvgIpc) is 3.19. The van der Waals surface area contributed by atoms with E-state index in [9.17, 15) is 0 Å². The highest BCUT2D eigenvalue weighted by Crippen LogP contribution is 2.28. The fourth-order valence-corrected chi connectivity index (χ4v) is 3.37. The molecular formula is C14H16N6S. The number of hydrogen-bond donors (Lipinski definition) is 0. The Bertz CT molecular complexity index is 742. The molecule has 0 unspecified atom stereocenters. The summed E-state index contributed by atoms with van der Waals surface area (Å²) in [7, 11) is 2.15. The number of likely N-dealkylation sites (N-methyl/N-ethyl adjacent to an activating group) is 1. The van der Waals surface area contributed by atoms with E-state index in [1.165, 1.54) is 4.88 Å². The van der Waals surface area contributed by atoms with Crippen LogP contribution in [0.1, 0.15) is 0 Å². The summed E-state index contributed by atoms with van der Waals surface area (Å²) in [4.78, 5) is 14.9. The van der Waals surface area contributed by atoms with Crippen LogP contribution in [-0.4, -0.2) is 57.7 Å². The Morgan fingerprint density at radius 2 is 2.00 bits per heavy atom. The number of aromatic nitrogens is 4. The van der Waals surface area contributed by atoms with E-state index >= 15 is 0 Å². The molecule has 0 bridgehead atoms. The molecule has 21 heavy (non-hydrogen) atoms. The summed E-state index contributed by atoms with van der Waals surface area (Å²) in [5, 5.41) is 6.44. The van der Waals surface area contributed by atoms with Crippen LogP contribution in [0.4, 0.5) is 5.95 Å². The van der Waals surface area contributed by atoms with E-state index < -0.39 is 0 Å². The van der Waals surface area contributed by atoms with Crippen LogP contribution < -0.4 is 4.90 Å². The lowest BCUT2D eigenvalue weighted by atomic mass is 10.2. The first-order chi connectivity index (χ1) is 10.3. The van der Waals surface area contributed by atoms with Crippen molar-refractivity contribution < 1.29 is 0 Å². The van der Waals surface area contributed by atoms with Crippen molar-refractivity contribution in [3.05, 3.63) is 30.0 Å². The Kier molecular flexibility index (Phi) is 3.08. The molecule has 6 nitrogen and oxygen atoms in total. The molecule has 4 rings (SSSR count). The van der Waals surface area contributed by atoms with Gasteiger partial charge < -0.3 is 9.80 Å². The van der Waals surface area contributed by atoms with Gasteiger partial charge in [0.1, 0.15) is 6.33 Å². The lowest BCUT2D eigenvalue weighted by Gasteiger charge is -2.32. The fraction of sp³-hybridized carbons (Fsp3) is 0.357. The lowest BCUT2D eigenvalue weighted by Crippen LogP contribution is -2.45. The van der Waals surface area contributed by atoms with Crippen molar-refractivity contribution in [2.45, 2.75) is 0 Å². The van der Waals surface area contributed by atoms with E-state index in [0.717, 1.165) is 43.3 Å². The molecule has 0 aliphatic carbocycles. The summed E-state index contributed by atoms with van der Waals surface area (Å²) in [5.41, 5.74) is 1.92. The second-order valence-corrected chi connectivity index (χ2v) is 6.18. The number of anilines is 1. The first-order valence-electron chi connectivity index (χ1n) is 6.99. The van der Waals surface area contributed by atoms with Gasteiger partial charge in [0.15, 0.2) is 5.65 Å². The third-order valence-corrected chi connectivity index (χ3v) is 4.76. The van der Waals surface area contributed by atoms with E-state index in [1.807, 2.05) is 16.8 Å². The van der Waals surface area contributed by atoms with Gasteiger partial charge in [-0.2, -0.15) is 9.61 Å². The Labute approximate surface area is 126 Å². The number of fused-ring (bicyclic) bond motifs is 1. The molecule has 1 aliphatic rings. The highest BCUT2D eigenvalue weighted by Gasteiger charge is 2.20. The predicted octanol–water partition coefficient (Wildman–Crippen LogP) is 1.60. The monoisotopic (exact) mass is 300 g/mol. The molecule has 0 saturated carbocycles. The summed E-state index contributed by atoms with van der Waals surface area (Å²) < 4.78 is 1.86. The minimum absolute atomic E-state index is 0.876. The maximum Gasteiger partial charge on any atom is 0.228 e. The summed E-state index contributed by atoms with van der Waals surface area (Å²) >= 11 is 1.69. The van der Waals surface area contributed by atoms with E-state index in [4.69, 9.17) is 0 Å². The van der Waals surface area contributed by atoms with Crippen molar-refractivity contribution >= 4 is 22.9 Å². The number of piperazine rings is 1.